The first-order valence-corrected chi connectivity index (χ1v) is 5.30. The van der Waals surface area contributed by atoms with Gasteiger partial charge in [0.15, 0.2) is 0 Å². The molecule has 0 spiro atoms. The van der Waals surface area contributed by atoms with Gasteiger partial charge in [0.2, 0.25) is 0 Å². The number of hydrogen-bond donors (Lipinski definition) is 1. The van der Waals surface area contributed by atoms with Gasteiger partial charge in [-0.1, -0.05) is 29.8 Å². The average molecular weight is 187 g/mol. The molecule has 2 N–H and O–H groups in total. The third-order valence-electron chi connectivity index (χ3n) is 2.87. The molecule has 2 rings (SSSR count). The zero-order valence-corrected chi connectivity index (χ0v) is 8.72. The highest BCUT2D eigenvalue weighted by molar-refractivity contribution is 5.70. The Hall–Kier alpha value is -1.08. The van der Waals surface area contributed by atoms with Gasteiger partial charge in [-0.05, 0) is 42.9 Å². The molecule has 0 saturated carbocycles. The lowest BCUT2D eigenvalue weighted by Gasteiger charge is -2.19. The smallest absolute Gasteiger partial charge is 0.0112 e. The lowest BCUT2D eigenvalue weighted by Crippen LogP contribution is -2.04. The Kier molecular flexibility index (Phi) is 2.69. The molecule has 1 aromatic rings. The standard InChI is InChI=1S/C13H17N/c1-10-5-6-11-3-2-4-12(7-8-14)13(11)9-10/h5-7,9H,2-4,8,14H2,1H3. The van der Waals surface area contributed by atoms with E-state index in [1.807, 2.05) is 0 Å². The van der Waals surface area contributed by atoms with Crippen LogP contribution in [-0.4, -0.2) is 6.54 Å². The first-order chi connectivity index (χ1) is 6.81. The lowest BCUT2D eigenvalue weighted by molar-refractivity contribution is 0.819. The second-order valence-corrected chi connectivity index (χ2v) is 3.98. The third kappa shape index (κ3) is 1.73. The summed E-state index contributed by atoms with van der Waals surface area (Å²) >= 11 is 0. The Bertz CT molecular complexity index is 363. The van der Waals surface area contributed by atoms with Crippen LogP contribution in [0.1, 0.15) is 29.5 Å². The minimum Gasteiger partial charge on any atom is -0.327 e. The van der Waals surface area contributed by atoms with E-state index in [1.54, 1.807) is 0 Å². The predicted octanol–water partition coefficient (Wildman–Crippen LogP) is 2.67. The maximum absolute atomic E-state index is 5.58. The summed E-state index contributed by atoms with van der Waals surface area (Å²) in [5, 5.41) is 0. The zero-order valence-electron chi connectivity index (χ0n) is 8.72. The molecule has 0 aromatic heterocycles. The SMILES string of the molecule is Cc1ccc2c(c1)C(=CCN)CCC2. The molecule has 0 unspecified atom stereocenters. The number of hydrogen-bond acceptors (Lipinski definition) is 1. The number of allylic oxidation sites excluding steroid dienone is 1. The van der Waals surface area contributed by atoms with Crippen molar-refractivity contribution in [3.8, 4) is 0 Å². The van der Waals surface area contributed by atoms with Crippen LogP contribution < -0.4 is 5.73 Å². The second kappa shape index (κ2) is 3.97. The van der Waals surface area contributed by atoms with Crippen molar-refractivity contribution < 1.29 is 0 Å². The van der Waals surface area contributed by atoms with Crippen molar-refractivity contribution in [3.05, 3.63) is 41.0 Å². The summed E-state index contributed by atoms with van der Waals surface area (Å²) in [6, 6.07) is 6.74. The van der Waals surface area contributed by atoms with Gasteiger partial charge in [-0.15, -0.1) is 0 Å². The molecule has 74 valence electrons. The van der Waals surface area contributed by atoms with Crippen molar-refractivity contribution in [2.75, 3.05) is 6.54 Å². The van der Waals surface area contributed by atoms with E-state index in [9.17, 15) is 0 Å². The van der Waals surface area contributed by atoms with E-state index >= 15 is 0 Å². The molecule has 0 atom stereocenters. The number of rotatable bonds is 1. The van der Waals surface area contributed by atoms with Crippen LogP contribution >= 0.6 is 0 Å². The Morgan fingerprint density at radius 3 is 3.00 bits per heavy atom. The number of nitrogens with two attached hydrogens (primary N) is 1. The van der Waals surface area contributed by atoms with Gasteiger partial charge in [0, 0.05) is 6.54 Å². The molecule has 1 aromatic carbocycles. The summed E-state index contributed by atoms with van der Waals surface area (Å²) in [7, 11) is 0. The first-order valence-electron chi connectivity index (χ1n) is 5.30. The van der Waals surface area contributed by atoms with Crippen LogP contribution in [0.3, 0.4) is 0 Å². The Morgan fingerprint density at radius 2 is 2.21 bits per heavy atom. The van der Waals surface area contributed by atoms with E-state index in [2.05, 4.69) is 31.2 Å². The van der Waals surface area contributed by atoms with Crippen LogP contribution in [0.2, 0.25) is 0 Å². The second-order valence-electron chi connectivity index (χ2n) is 3.98. The van der Waals surface area contributed by atoms with E-state index in [1.165, 1.54) is 41.5 Å². The molecule has 0 amide bonds. The molecular formula is C13H17N. The van der Waals surface area contributed by atoms with Gasteiger partial charge in [0.25, 0.3) is 0 Å². The summed E-state index contributed by atoms with van der Waals surface area (Å²) in [6.45, 7) is 2.80. The molecule has 0 fully saturated rings. The van der Waals surface area contributed by atoms with Crippen LogP contribution in [-0.2, 0) is 6.42 Å². The van der Waals surface area contributed by atoms with Crippen molar-refractivity contribution in [3.63, 3.8) is 0 Å². The molecule has 14 heavy (non-hydrogen) atoms. The highest BCUT2D eigenvalue weighted by Crippen LogP contribution is 2.30. The molecular weight excluding hydrogens is 170 g/mol. The fourth-order valence-corrected chi connectivity index (χ4v) is 2.17. The molecule has 1 aliphatic rings. The molecule has 1 aliphatic carbocycles. The molecule has 0 saturated heterocycles. The summed E-state index contributed by atoms with van der Waals surface area (Å²) < 4.78 is 0. The highest BCUT2D eigenvalue weighted by Gasteiger charge is 2.12. The molecule has 1 heteroatoms. The quantitative estimate of drug-likeness (QED) is 0.718. The summed E-state index contributed by atoms with van der Waals surface area (Å²) in [6.07, 6.45) is 5.84. The largest absolute Gasteiger partial charge is 0.327 e. The summed E-state index contributed by atoms with van der Waals surface area (Å²) in [5.41, 5.74) is 11.3. The van der Waals surface area contributed by atoms with Gasteiger partial charge in [-0.3, -0.25) is 0 Å². The highest BCUT2D eigenvalue weighted by atomic mass is 14.5. The monoisotopic (exact) mass is 187 g/mol. The average Bonchev–Trinajstić information content (AvgIpc) is 2.19. The van der Waals surface area contributed by atoms with Crippen LogP contribution in [0.25, 0.3) is 5.57 Å². The Balaban J connectivity index is 2.47. The molecule has 0 bridgehead atoms. The van der Waals surface area contributed by atoms with Gasteiger partial charge in [-0.25, -0.2) is 0 Å². The number of aryl methyl sites for hydroxylation is 2. The molecule has 1 nitrogen and oxygen atoms in total. The topological polar surface area (TPSA) is 26.0 Å². The third-order valence-corrected chi connectivity index (χ3v) is 2.87. The van der Waals surface area contributed by atoms with Gasteiger partial charge >= 0.3 is 0 Å². The molecule has 0 radical (unpaired) electrons. The van der Waals surface area contributed by atoms with E-state index in [0.717, 1.165) is 0 Å². The van der Waals surface area contributed by atoms with Crippen molar-refractivity contribution >= 4 is 5.57 Å². The lowest BCUT2D eigenvalue weighted by atomic mass is 9.86. The Morgan fingerprint density at radius 1 is 1.36 bits per heavy atom. The van der Waals surface area contributed by atoms with Crippen LogP contribution in [0.5, 0.6) is 0 Å². The molecule has 0 aliphatic heterocycles. The first kappa shape index (κ1) is 9.47. The maximum atomic E-state index is 5.58. The van der Waals surface area contributed by atoms with Crippen molar-refractivity contribution in [2.24, 2.45) is 5.73 Å². The summed E-state index contributed by atoms with van der Waals surface area (Å²) in [5.74, 6) is 0. The van der Waals surface area contributed by atoms with Gasteiger partial charge in [0.05, 0.1) is 0 Å². The van der Waals surface area contributed by atoms with E-state index in [-0.39, 0.29) is 0 Å². The minimum absolute atomic E-state index is 0.655. The van der Waals surface area contributed by atoms with E-state index in [4.69, 9.17) is 5.73 Å². The van der Waals surface area contributed by atoms with Gasteiger partial charge < -0.3 is 5.73 Å². The van der Waals surface area contributed by atoms with Crippen LogP contribution in [0, 0.1) is 6.92 Å². The predicted molar refractivity (Wildman–Crippen MR) is 61.1 cm³/mol. The molecule has 0 heterocycles. The van der Waals surface area contributed by atoms with Crippen LogP contribution in [0.15, 0.2) is 24.3 Å². The Labute approximate surface area is 85.6 Å². The fourth-order valence-electron chi connectivity index (χ4n) is 2.17. The zero-order chi connectivity index (χ0) is 9.97. The normalized spacial score (nSPS) is 18.3. The van der Waals surface area contributed by atoms with Crippen molar-refractivity contribution in [1.29, 1.82) is 0 Å². The van der Waals surface area contributed by atoms with E-state index in [0.29, 0.717) is 6.54 Å². The van der Waals surface area contributed by atoms with Crippen molar-refractivity contribution in [1.82, 2.24) is 0 Å². The van der Waals surface area contributed by atoms with Crippen molar-refractivity contribution in [2.45, 2.75) is 26.2 Å². The number of fused-ring (bicyclic) bond motifs is 1. The van der Waals surface area contributed by atoms with E-state index < -0.39 is 0 Å². The van der Waals surface area contributed by atoms with Gasteiger partial charge in [0.1, 0.15) is 0 Å². The minimum atomic E-state index is 0.655. The summed E-state index contributed by atoms with van der Waals surface area (Å²) in [4.78, 5) is 0. The van der Waals surface area contributed by atoms with Gasteiger partial charge in [-0.2, -0.15) is 0 Å². The van der Waals surface area contributed by atoms with Crippen LogP contribution in [0.4, 0.5) is 0 Å². The number of benzene rings is 1. The maximum Gasteiger partial charge on any atom is 0.0112 e. The fraction of sp³-hybridized carbons (Fsp3) is 0.385.